The molecule has 30 heavy (non-hydrogen) atoms. The van der Waals surface area contributed by atoms with Crippen LogP contribution in [0.4, 0.5) is 11.9 Å². The molecule has 0 atom stereocenters. The van der Waals surface area contributed by atoms with E-state index >= 15 is 0 Å². The van der Waals surface area contributed by atoms with Crippen molar-refractivity contribution in [3.05, 3.63) is 66.5 Å². The maximum atomic E-state index is 8.63. The van der Waals surface area contributed by atoms with Crippen molar-refractivity contribution >= 4 is 11.9 Å². The van der Waals surface area contributed by atoms with Crippen LogP contribution in [0.5, 0.6) is 11.5 Å². The highest BCUT2D eigenvalue weighted by Crippen LogP contribution is 2.03. The van der Waals surface area contributed by atoms with Crippen LogP contribution in [0, 0.1) is 6.92 Å². The lowest BCUT2D eigenvalue weighted by molar-refractivity contribution is 0.475. The highest BCUT2D eigenvalue weighted by molar-refractivity contribution is 5.30. The van der Waals surface area contributed by atoms with Crippen LogP contribution in [0.15, 0.2) is 60.7 Å². The number of rotatable bonds is 2. The fourth-order valence-electron chi connectivity index (χ4n) is 1.60. The molecule has 0 fully saturated rings. The van der Waals surface area contributed by atoms with Crippen molar-refractivity contribution in [3.63, 3.8) is 0 Å². The van der Waals surface area contributed by atoms with Crippen molar-refractivity contribution in [1.29, 1.82) is 0 Å². The molecule has 0 saturated carbocycles. The lowest BCUT2D eigenvalue weighted by atomic mass is 10.3. The third kappa shape index (κ3) is 18.0. The Morgan fingerprint density at radius 2 is 1.17 bits per heavy atom. The molecule has 5 N–H and O–H groups in total. The Labute approximate surface area is 181 Å². The van der Waals surface area contributed by atoms with Crippen molar-refractivity contribution in [2.75, 3.05) is 17.6 Å². The first-order valence-corrected chi connectivity index (χ1v) is 10.1. The molecule has 0 aliphatic heterocycles. The van der Waals surface area contributed by atoms with Gasteiger partial charge in [0.25, 0.3) is 0 Å². The van der Waals surface area contributed by atoms with Crippen LogP contribution < -0.4 is 11.1 Å². The maximum Gasteiger partial charge on any atom is 0.227 e. The van der Waals surface area contributed by atoms with E-state index in [1.807, 2.05) is 32.9 Å². The Hall–Kier alpha value is -3.35. The number of nitrogens with one attached hydrogen (secondary N) is 1. The third-order valence-corrected chi connectivity index (χ3v) is 2.61. The van der Waals surface area contributed by atoms with Crippen molar-refractivity contribution < 1.29 is 10.2 Å². The van der Waals surface area contributed by atoms with Crippen LogP contribution in [0.25, 0.3) is 0 Å². The van der Waals surface area contributed by atoms with Gasteiger partial charge in [-0.2, -0.15) is 15.0 Å². The monoisotopic (exact) mass is 415 g/mol. The first-order valence-electron chi connectivity index (χ1n) is 10.1. The predicted octanol–water partition coefficient (Wildman–Crippen LogP) is 5.42. The van der Waals surface area contributed by atoms with Crippen LogP contribution in [-0.4, -0.2) is 31.7 Å². The Morgan fingerprint density at radius 3 is 1.43 bits per heavy atom. The zero-order chi connectivity index (χ0) is 23.2. The molecule has 3 aromatic rings. The normalized spacial score (nSPS) is 8.33. The molecule has 0 unspecified atom stereocenters. The van der Waals surface area contributed by atoms with E-state index in [4.69, 9.17) is 15.9 Å². The molecule has 1 aromatic heterocycles. The summed E-state index contributed by atoms with van der Waals surface area (Å²) >= 11 is 0. The van der Waals surface area contributed by atoms with Gasteiger partial charge in [0.1, 0.15) is 17.3 Å². The molecule has 0 radical (unpaired) electrons. The number of hydrogen-bond donors (Lipinski definition) is 4. The zero-order valence-corrected chi connectivity index (χ0v) is 19.0. The predicted molar refractivity (Wildman–Crippen MR) is 127 cm³/mol. The third-order valence-electron chi connectivity index (χ3n) is 2.61. The number of phenols is 2. The highest BCUT2D eigenvalue weighted by atomic mass is 16.3. The van der Waals surface area contributed by atoms with Gasteiger partial charge < -0.3 is 21.3 Å². The number of aromatic hydroxyl groups is 2. The largest absolute Gasteiger partial charge is 0.508 e. The molecule has 2 aromatic carbocycles. The van der Waals surface area contributed by atoms with Crippen molar-refractivity contribution in [1.82, 2.24) is 15.0 Å². The molecule has 0 bridgehead atoms. The number of benzene rings is 2. The number of nitrogens with zero attached hydrogens (tertiary/aromatic N) is 3. The number of aryl methyl sites for hydroxylation is 1. The van der Waals surface area contributed by atoms with E-state index in [-0.39, 0.29) is 5.95 Å². The first-order chi connectivity index (χ1) is 14.4. The number of aromatic nitrogens is 3. The Bertz CT molecular complexity index is 683. The highest BCUT2D eigenvalue weighted by Gasteiger charge is 1.97. The minimum atomic E-state index is 0.258. The second kappa shape index (κ2) is 20.4. The molecule has 3 rings (SSSR count). The van der Waals surface area contributed by atoms with Crippen LogP contribution in [0.3, 0.4) is 0 Å². The number of nitrogens with two attached hydrogens (primary N) is 1. The van der Waals surface area contributed by atoms with Crippen LogP contribution in [-0.2, 0) is 0 Å². The minimum absolute atomic E-state index is 0.258. The van der Waals surface area contributed by atoms with Gasteiger partial charge in [0.15, 0.2) is 0 Å². The van der Waals surface area contributed by atoms with Gasteiger partial charge >= 0.3 is 0 Å². The van der Waals surface area contributed by atoms with Gasteiger partial charge in [-0.15, -0.1) is 0 Å². The minimum Gasteiger partial charge on any atom is -0.508 e. The summed E-state index contributed by atoms with van der Waals surface area (Å²) in [5, 5.41) is 20.2. The molecule has 1 heterocycles. The molecular weight excluding hydrogens is 378 g/mol. The average Bonchev–Trinajstić information content (AvgIpc) is 2.72. The summed E-state index contributed by atoms with van der Waals surface area (Å²) < 4.78 is 0. The van der Waals surface area contributed by atoms with Gasteiger partial charge in [-0.25, -0.2) is 0 Å². The van der Waals surface area contributed by atoms with E-state index in [0.717, 1.165) is 6.54 Å². The maximum absolute atomic E-state index is 8.63. The first kappa shape index (κ1) is 28.9. The van der Waals surface area contributed by atoms with E-state index < -0.39 is 0 Å². The van der Waals surface area contributed by atoms with Crippen LogP contribution in [0.2, 0.25) is 0 Å². The summed E-state index contributed by atoms with van der Waals surface area (Å²) in [6, 6.07) is 17.4. The molecule has 0 saturated heterocycles. The van der Waals surface area contributed by atoms with Gasteiger partial charge in [0.2, 0.25) is 11.9 Å². The summed E-state index contributed by atoms with van der Waals surface area (Å²) in [6.07, 6.45) is 1.25. The molecule has 0 aliphatic rings. The molecule has 0 spiro atoms. The smallest absolute Gasteiger partial charge is 0.227 e. The van der Waals surface area contributed by atoms with E-state index in [2.05, 4.69) is 34.1 Å². The number of nitrogen functional groups attached to an aromatic ring is 1. The lowest BCUT2D eigenvalue weighted by Crippen LogP contribution is -2.07. The van der Waals surface area contributed by atoms with Gasteiger partial charge in [0.05, 0.1) is 0 Å². The second-order valence-corrected chi connectivity index (χ2v) is 5.47. The van der Waals surface area contributed by atoms with E-state index in [9.17, 15) is 0 Å². The lowest BCUT2D eigenvalue weighted by Gasteiger charge is -2.01. The average molecular weight is 416 g/mol. The molecular formula is C23H37N5O2. The molecule has 0 aliphatic carbocycles. The number of hydrogen-bond acceptors (Lipinski definition) is 7. The topological polar surface area (TPSA) is 117 Å². The van der Waals surface area contributed by atoms with Gasteiger partial charge in [-0.05, 0) is 38.1 Å². The van der Waals surface area contributed by atoms with Crippen LogP contribution in [0.1, 0.15) is 46.9 Å². The second-order valence-electron chi connectivity index (χ2n) is 5.47. The summed E-state index contributed by atoms with van der Waals surface area (Å²) in [6.45, 7) is 12.8. The molecule has 7 heteroatoms. The molecule has 0 amide bonds. The summed E-state index contributed by atoms with van der Waals surface area (Å²) in [4.78, 5) is 11.7. The van der Waals surface area contributed by atoms with E-state index in [0.29, 0.717) is 23.3 Å². The van der Waals surface area contributed by atoms with E-state index in [1.54, 1.807) is 55.5 Å². The summed E-state index contributed by atoms with van der Waals surface area (Å²) in [7, 11) is 0. The van der Waals surface area contributed by atoms with Gasteiger partial charge in [-0.3, -0.25) is 0 Å². The van der Waals surface area contributed by atoms with Gasteiger partial charge in [0, 0.05) is 6.54 Å². The van der Waals surface area contributed by atoms with Crippen molar-refractivity contribution in [3.8, 4) is 11.5 Å². The Balaban J connectivity index is 0. The number of phenolic OH excluding ortho intramolecular Hbond substituents is 2. The molecule has 7 nitrogen and oxygen atoms in total. The summed E-state index contributed by atoms with van der Waals surface area (Å²) in [5.41, 5.74) is 5.39. The quantitative estimate of drug-likeness (QED) is 0.441. The molecule has 166 valence electrons. The van der Waals surface area contributed by atoms with Crippen molar-refractivity contribution in [2.45, 2.75) is 48.0 Å². The fraction of sp³-hybridized carbons (Fsp3) is 0.348. The van der Waals surface area contributed by atoms with Crippen molar-refractivity contribution in [2.24, 2.45) is 0 Å². The Morgan fingerprint density at radius 1 is 0.767 bits per heavy atom. The van der Waals surface area contributed by atoms with Crippen LogP contribution >= 0.6 is 0 Å². The number of anilines is 2. The van der Waals surface area contributed by atoms with Gasteiger partial charge in [-0.1, -0.05) is 70.5 Å². The fourth-order valence-corrected chi connectivity index (χ4v) is 1.60. The Kier molecular flexibility index (Phi) is 19.6. The summed E-state index contributed by atoms with van der Waals surface area (Å²) in [5.74, 6) is 2.07. The van der Waals surface area contributed by atoms with E-state index in [1.165, 1.54) is 6.42 Å². The standard InChI is InChI=1S/C6H11N5.2C6H6O.C3H8.C2H6/c1-3-8-6-10-4(2)9-5(7)11-6;2*7-6-4-2-1-3-5-6;1-3-2;1-2/h3H2,1-2H3,(H3,7,8,9,10,11);2*1-5,7H;3H2,1-2H3;1-2H3. The zero-order valence-electron chi connectivity index (χ0n) is 19.0. The SMILES string of the molecule is CC.CCC.CCNc1nc(C)nc(N)n1.Oc1ccccc1.Oc1ccccc1. The number of para-hydroxylation sites is 2.